The highest BCUT2D eigenvalue weighted by molar-refractivity contribution is 7.99. The van der Waals surface area contributed by atoms with Crippen molar-refractivity contribution in [1.82, 2.24) is 9.80 Å². The maximum Gasteiger partial charge on any atom is 0.320 e. The summed E-state index contributed by atoms with van der Waals surface area (Å²) in [6.45, 7) is 7.96. The number of amides is 2. The van der Waals surface area contributed by atoms with E-state index < -0.39 is 11.9 Å². The Hall–Kier alpha value is -0.910. The Bertz CT molecular complexity index is 312. The molecular formula is C12H22N2O3S. The molecule has 0 bridgehead atoms. The minimum Gasteiger partial charge on any atom is -0.481 e. The van der Waals surface area contributed by atoms with Gasteiger partial charge < -0.3 is 14.9 Å². The third kappa shape index (κ3) is 4.08. The molecule has 18 heavy (non-hydrogen) atoms. The first kappa shape index (κ1) is 15.1. The number of carboxylic acid groups (broad SMARTS) is 1. The second-order valence-corrected chi connectivity index (χ2v) is 6.23. The Morgan fingerprint density at radius 1 is 1.56 bits per heavy atom. The summed E-state index contributed by atoms with van der Waals surface area (Å²) in [6, 6.07) is -0.0299. The second kappa shape index (κ2) is 6.87. The molecule has 0 spiro atoms. The lowest BCUT2D eigenvalue weighted by Crippen LogP contribution is -2.49. The molecule has 1 saturated heterocycles. The summed E-state index contributed by atoms with van der Waals surface area (Å²) < 4.78 is 0. The van der Waals surface area contributed by atoms with Crippen LogP contribution in [0.4, 0.5) is 4.79 Å². The minimum absolute atomic E-state index is 0.0299. The Labute approximate surface area is 113 Å². The highest BCUT2D eigenvalue weighted by atomic mass is 32.2. The van der Waals surface area contributed by atoms with E-state index in [1.165, 1.54) is 0 Å². The molecule has 0 radical (unpaired) electrons. The van der Waals surface area contributed by atoms with Crippen molar-refractivity contribution in [3.8, 4) is 0 Å². The number of carboxylic acids is 1. The summed E-state index contributed by atoms with van der Waals surface area (Å²) in [5.74, 6) is -0.423. The first-order valence-corrected chi connectivity index (χ1v) is 7.38. The molecule has 0 aromatic rings. The standard InChI is InChI=1S/C12H22N2O3S/c1-4-13(7-9(2)11(15)16)12(17)14-5-6-18-10(3)8-14/h9-10H,4-8H2,1-3H3,(H,15,16). The number of rotatable bonds is 4. The van der Waals surface area contributed by atoms with Crippen LogP contribution in [0.3, 0.4) is 0 Å². The van der Waals surface area contributed by atoms with Crippen LogP contribution in [0.1, 0.15) is 20.8 Å². The van der Waals surface area contributed by atoms with Crippen LogP contribution in [0, 0.1) is 5.92 Å². The normalized spacial score (nSPS) is 21.5. The summed E-state index contributed by atoms with van der Waals surface area (Å²) in [6.07, 6.45) is 0. The highest BCUT2D eigenvalue weighted by Gasteiger charge is 2.26. The summed E-state index contributed by atoms with van der Waals surface area (Å²) in [5, 5.41) is 9.36. The van der Waals surface area contributed by atoms with Crippen molar-refractivity contribution < 1.29 is 14.7 Å². The number of hydrogen-bond acceptors (Lipinski definition) is 3. The van der Waals surface area contributed by atoms with Crippen molar-refractivity contribution in [2.24, 2.45) is 5.92 Å². The maximum absolute atomic E-state index is 12.3. The fourth-order valence-corrected chi connectivity index (χ4v) is 2.96. The van der Waals surface area contributed by atoms with E-state index >= 15 is 0 Å². The molecule has 1 fully saturated rings. The van der Waals surface area contributed by atoms with Crippen LogP contribution in [0.2, 0.25) is 0 Å². The molecule has 2 unspecified atom stereocenters. The Morgan fingerprint density at radius 3 is 2.72 bits per heavy atom. The average Bonchev–Trinajstić information content (AvgIpc) is 2.34. The summed E-state index contributed by atoms with van der Waals surface area (Å²) in [5.41, 5.74) is 0. The van der Waals surface area contributed by atoms with Crippen LogP contribution in [-0.2, 0) is 4.79 Å². The number of carbonyl (C=O) groups is 2. The van der Waals surface area contributed by atoms with Gasteiger partial charge in [0.25, 0.3) is 0 Å². The van der Waals surface area contributed by atoms with Gasteiger partial charge in [0.05, 0.1) is 5.92 Å². The molecule has 1 rings (SSSR count). The van der Waals surface area contributed by atoms with Gasteiger partial charge >= 0.3 is 12.0 Å². The Balaban J connectivity index is 2.58. The molecule has 2 atom stereocenters. The van der Waals surface area contributed by atoms with E-state index in [9.17, 15) is 9.59 Å². The van der Waals surface area contributed by atoms with E-state index in [0.717, 1.165) is 18.8 Å². The van der Waals surface area contributed by atoms with Gasteiger partial charge in [0.15, 0.2) is 0 Å². The summed E-state index contributed by atoms with van der Waals surface area (Å²) in [7, 11) is 0. The molecule has 1 heterocycles. The molecule has 2 amide bonds. The zero-order chi connectivity index (χ0) is 13.7. The monoisotopic (exact) mass is 274 g/mol. The quantitative estimate of drug-likeness (QED) is 0.845. The molecule has 1 aliphatic heterocycles. The number of hydrogen-bond donors (Lipinski definition) is 1. The van der Waals surface area contributed by atoms with E-state index in [1.807, 2.05) is 23.6 Å². The van der Waals surface area contributed by atoms with Crippen molar-refractivity contribution in [1.29, 1.82) is 0 Å². The van der Waals surface area contributed by atoms with Crippen molar-refractivity contribution in [2.75, 3.05) is 31.9 Å². The third-order valence-corrected chi connectivity index (χ3v) is 4.22. The first-order chi connectivity index (χ1) is 8.45. The molecule has 0 aromatic carbocycles. The predicted molar refractivity (Wildman–Crippen MR) is 72.9 cm³/mol. The molecule has 0 aromatic heterocycles. The molecule has 6 heteroatoms. The van der Waals surface area contributed by atoms with Gasteiger partial charge in [-0.3, -0.25) is 4.79 Å². The average molecular weight is 274 g/mol. The Morgan fingerprint density at radius 2 is 2.22 bits per heavy atom. The van der Waals surface area contributed by atoms with E-state index in [0.29, 0.717) is 11.8 Å². The molecule has 1 N–H and O–H groups in total. The van der Waals surface area contributed by atoms with Gasteiger partial charge in [-0.05, 0) is 6.92 Å². The first-order valence-electron chi connectivity index (χ1n) is 6.34. The molecule has 0 saturated carbocycles. The number of urea groups is 1. The van der Waals surface area contributed by atoms with Crippen LogP contribution in [0.25, 0.3) is 0 Å². The van der Waals surface area contributed by atoms with E-state index in [2.05, 4.69) is 6.92 Å². The highest BCUT2D eigenvalue weighted by Crippen LogP contribution is 2.19. The number of carbonyl (C=O) groups excluding carboxylic acids is 1. The van der Waals surface area contributed by atoms with Gasteiger partial charge in [-0.25, -0.2) is 4.79 Å². The number of thioether (sulfide) groups is 1. The van der Waals surface area contributed by atoms with Crippen LogP contribution in [0.5, 0.6) is 0 Å². The number of nitrogens with zero attached hydrogens (tertiary/aromatic N) is 2. The van der Waals surface area contributed by atoms with Crippen molar-refractivity contribution in [3.63, 3.8) is 0 Å². The predicted octanol–water partition coefficient (Wildman–Crippen LogP) is 1.59. The summed E-state index contributed by atoms with van der Waals surface area (Å²) in [4.78, 5) is 26.6. The zero-order valence-corrected chi connectivity index (χ0v) is 12.1. The van der Waals surface area contributed by atoms with Crippen LogP contribution in [0.15, 0.2) is 0 Å². The zero-order valence-electron chi connectivity index (χ0n) is 11.3. The van der Waals surface area contributed by atoms with Gasteiger partial charge in [-0.15, -0.1) is 0 Å². The van der Waals surface area contributed by atoms with E-state index in [4.69, 9.17) is 5.11 Å². The van der Waals surface area contributed by atoms with Crippen molar-refractivity contribution in [3.05, 3.63) is 0 Å². The molecule has 5 nitrogen and oxygen atoms in total. The Kier molecular flexibility index (Phi) is 5.78. The van der Waals surface area contributed by atoms with Gasteiger partial charge in [0.1, 0.15) is 0 Å². The maximum atomic E-state index is 12.3. The van der Waals surface area contributed by atoms with Gasteiger partial charge in [-0.2, -0.15) is 11.8 Å². The lowest BCUT2D eigenvalue weighted by atomic mass is 10.2. The van der Waals surface area contributed by atoms with Gasteiger partial charge in [0, 0.05) is 37.2 Å². The molecule has 0 aliphatic carbocycles. The molecular weight excluding hydrogens is 252 g/mol. The summed E-state index contributed by atoms with van der Waals surface area (Å²) >= 11 is 1.87. The number of aliphatic carboxylic acids is 1. The van der Waals surface area contributed by atoms with Crippen molar-refractivity contribution >= 4 is 23.8 Å². The van der Waals surface area contributed by atoms with E-state index in [1.54, 1.807) is 11.8 Å². The largest absolute Gasteiger partial charge is 0.481 e. The van der Waals surface area contributed by atoms with Crippen molar-refractivity contribution in [2.45, 2.75) is 26.0 Å². The lowest BCUT2D eigenvalue weighted by Gasteiger charge is -2.35. The van der Waals surface area contributed by atoms with E-state index in [-0.39, 0.29) is 12.6 Å². The van der Waals surface area contributed by atoms with Crippen LogP contribution < -0.4 is 0 Å². The lowest BCUT2D eigenvalue weighted by molar-refractivity contribution is -0.141. The topological polar surface area (TPSA) is 60.9 Å². The molecule has 1 aliphatic rings. The fraction of sp³-hybridized carbons (Fsp3) is 0.833. The second-order valence-electron chi connectivity index (χ2n) is 4.69. The van der Waals surface area contributed by atoms with Crippen LogP contribution in [-0.4, -0.2) is 64.1 Å². The smallest absolute Gasteiger partial charge is 0.320 e. The van der Waals surface area contributed by atoms with Gasteiger partial charge in [-0.1, -0.05) is 13.8 Å². The van der Waals surface area contributed by atoms with Gasteiger partial charge in [0.2, 0.25) is 0 Å². The fourth-order valence-electron chi connectivity index (χ4n) is 1.94. The van der Waals surface area contributed by atoms with Crippen LogP contribution >= 0.6 is 11.8 Å². The minimum atomic E-state index is -0.858. The SMILES string of the molecule is CCN(CC(C)C(=O)O)C(=O)N1CCSC(C)C1. The molecule has 104 valence electrons. The third-order valence-electron chi connectivity index (χ3n) is 3.08.